The number of thiazole rings is 1. The van der Waals surface area contributed by atoms with Crippen LogP contribution in [0.3, 0.4) is 0 Å². The molecule has 0 aliphatic heterocycles. The number of nitrogens with zero attached hydrogens (tertiary/aromatic N) is 3. The minimum Gasteiger partial charge on any atom is -0.290 e. The number of imidazole rings is 1. The monoisotopic (exact) mass is 379 g/mol. The van der Waals surface area contributed by atoms with Crippen LogP contribution < -0.4 is 0 Å². The zero-order valence-corrected chi connectivity index (χ0v) is 15.5. The first kappa shape index (κ1) is 16.7. The number of aryl methyl sites for hydroxylation is 1. The van der Waals surface area contributed by atoms with Crippen molar-refractivity contribution in [2.45, 2.75) is 6.92 Å². The van der Waals surface area contributed by atoms with Gasteiger partial charge in [-0.15, -0.1) is 11.3 Å². The molecular weight excluding hydrogens is 366 g/mol. The molecule has 0 aliphatic rings. The number of allylic oxidation sites excluding steroid dienone is 1. The maximum atomic E-state index is 12.4. The molecule has 0 amide bonds. The molecule has 1 aromatic carbocycles. The molecule has 4 aromatic rings. The van der Waals surface area contributed by atoms with Crippen LogP contribution >= 0.6 is 22.9 Å². The number of aromatic nitrogens is 3. The zero-order chi connectivity index (χ0) is 18.1. The van der Waals surface area contributed by atoms with E-state index in [9.17, 15) is 4.79 Å². The maximum absolute atomic E-state index is 12.4. The Kier molecular flexibility index (Phi) is 4.41. The predicted octanol–water partition coefficient (Wildman–Crippen LogP) is 5.32. The summed E-state index contributed by atoms with van der Waals surface area (Å²) in [7, 11) is 0. The van der Waals surface area contributed by atoms with E-state index in [-0.39, 0.29) is 5.78 Å². The molecule has 0 unspecified atom stereocenters. The molecule has 3 aromatic heterocycles. The van der Waals surface area contributed by atoms with Crippen molar-refractivity contribution in [3.8, 4) is 11.3 Å². The summed E-state index contributed by atoms with van der Waals surface area (Å²) in [6.45, 7) is 2.04. The standard InChI is InChI=1S/C20H14ClN3OS/c1-13-12-24-17(6-7-18(25)14-8-10-22-11-9-14)19(23-20(24)26-13)15-2-4-16(21)5-3-15/h2-12H,1H3. The summed E-state index contributed by atoms with van der Waals surface area (Å²) in [5, 5.41) is 0.676. The maximum Gasteiger partial charge on any atom is 0.194 e. The highest BCUT2D eigenvalue weighted by molar-refractivity contribution is 7.17. The van der Waals surface area contributed by atoms with Gasteiger partial charge in [0.25, 0.3) is 0 Å². The number of hydrogen-bond acceptors (Lipinski definition) is 4. The lowest BCUT2D eigenvalue weighted by atomic mass is 10.1. The fraction of sp³-hybridized carbons (Fsp3) is 0.0500. The van der Waals surface area contributed by atoms with E-state index < -0.39 is 0 Å². The Bertz CT molecular complexity index is 1110. The van der Waals surface area contributed by atoms with Crippen molar-refractivity contribution in [1.29, 1.82) is 0 Å². The van der Waals surface area contributed by atoms with Crippen molar-refractivity contribution in [3.05, 3.63) is 82.2 Å². The van der Waals surface area contributed by atoms with E-state index in [1.807, 2.05) is 47.9 Å². The van der Waals surface area contributed by atoms with Gasteiger partial charge in [-0.25, -0.2) is 4.98 Å². The van der Waals surface area contributed by atoms with Crippen molar-refractivity contribution >= 4 is 39.8 Å². The fourth-order valence-electron chi connectivity index (χ4n) is 2.72. The molecule has 0 atom stereocenters. The molecule has 128 valence electrons. The predicted molar refractivity (Wildman–Crippen MR) is 106 cm³/mol. The Hall–Kier alpha value is -2.76. The molecule has 0 radical (unpaired) electrons. The molecule has 0 aliphatic carbocycles. The largest absolute Gasteiger partial charge is 0.290 e. The molecular formula is C20H14ClN3OS. The number of halogens is 1. The minimum atomic E-state index is -0.0728. The Morgan fingerprint density at radius 2 is 1.88 bits per heavy atom. The second-order valence-corrected chi connectivity index (χ2v) is 7.43. The van der Waals surface area contributed by atoms with E-state index >= 15 is 0 Å². The number of fused-ring (bicyclic) bond motifs is 1. The van der Waals surface area contributed by atoms with Crippen LogP contribution in [-0.2, 0) is 0 Å². The normalized spacial score (nSPS) is 11.5. The molecule has 6 heteroatoms. The molecule has 0 fully saturated rings. The van der Waals surface area contributed by atoms with Crippen LogP contribution in [0.25, 0.3) is 22.3 Å². The Morgan fingerprint density at radius 1 is 1.15 bits per heavy atom. The second-order valence-electron chi connectivity index (χ2n) is 5.78. The highest BCUT2D eigenvalue weighted by Gasteiger charge is 2.14. The minimum absolute atomic E-state index is 0.0728. The molecule has 0 N–H and O–H groups in total. The van der Waals surface area contributed by atoms with Crippen LogP contribution in [0.5, 0.6) is 0 Å². The number of carbonyl (C=O) groups excluding carboxylic acids is 1. The van der Waals surface area contributed by atoms with Gasteiger partial charge in [0, 0.05) is 39.6 Å². The highest BCUT2D eigenvalue weighted by atomic mass is 35.5. The molecule has 0 bridgehead atoms. The summed E-state index contributed by atoms with van der Waals surface area (Å²) in [4.78, 5) is 23.2. The Balaban J connectivity index is 1.79. The van der Waals surface area contributed by atoms with Gasteiger partial charge in [0.2, 0.25) is 0 Å². The van der Waals surface area contributed by atoms with Crippen LogP contribution in [0.1, 0.15) is 20.9 Å². The number of rotatable bonds is 4. The second kappa shape index (κ2) is 6.86. The van der Waals surface area contributed by atoms with Crippen LogP contribution in [0.2, 0.25) is 5.02 Å². The number of ketones is 1. The summed E-state index contributed by atoms with van der Waals surface area (Å²) < 4.78 is 2.01. The summed E-state index contributed by atoms with van der Waals surface area (Å²) in [5.41, 5.74) is 3.26. The van der Waals surface area contributed by atoms with Gasteiger partial charge < -0.3 is 0 Å². The van der Waals surface area contributed by atoms with Crippen molar-refractivity contribution in [2.24, 2.45) is 0 Å². The lowest BCUT2D eigenvalue weighted by Gasteiger charge is -2.01. The molecule has 0 saturated heterocycles. The SMILES string of the molecule is Cc1cn2c(C=CC(=O)c3ccncc3)c(-c3ccc(Cl)cc3)nc2s1. The molecule has 26 heavy (non-hydrogen) atoms. The smallest absolute Gasteiger partial charge is 0.194 e. The number of hydrogen-bond donors (Lipinski definition) is 0. The van der Waals surface area contributed by atoms with Gasteiger partial charge in [-0.3, -0.25) is 14.2 Å². The van der Waals surface area contributed by atoms with Gasteiger partial charge in [0.15, 0.2) is 10.7 Å². The van der Waals surface area contributed by atoms with Gasteiger partial charge >= 0.3 is 0 Å². The topological polar surface area (TPSA) is 47.3 Å². The van der Waals surface area contributed by atoms with Crippen LogP contribution in [0, 0.1) is 6.92 Å². The van der Waals surface area contributed by atoms with Gasteiger partial charge in [-0.05, 0) is 43.3 Å². The third-order valence-corrected chi connectivity index (χ3v) is 5.10. The van der Waals surface area contributed by atoms with Crippen molar-refractivity contribution in [3.63, 3.8) is 0 Å². The third kappa shape index (κ3) is 3.19. The van der Waals surface area contributed by atoms with Gasteiger partial charge in [-0.1, -0.05) is 23.7 Å². The number of benzene rings is 1. The molecule has 0 spiro atoms. The highest BCUT2D eigenvalue weighted by Crippen LogP contribution is 2.30. The third-order valence-electron chi connectivity index (χ3n) is 3.95. The first-order valence-electron chi connectivity index (χ1n) is 7.99. The summed E-state index contributed by atoms with van der Waals surface area (Å²) in [6, 6.07) is 10.9. The zero-order valence-electron chi connectivity index (χ0n) is 13.9. The van der Waals surface area contributed by atoms with Crippen LogP contribution in [0.4, 0.5) is 0 Å². The van der Waals surface area contributed by atoms with E-state index in [1.54, 1.807) is 41.9 Å². The van der Waals surface area contributed by atoms with Gasteiger partial charge in [0.05, 0.1) is 11.4 Å². The molecule has 0 saturated carbocycles. The lowest BCUT2D eigenvalue weighted by Crippen LogP contribution is -1.94. The lowest BCUT2D eigenvalue weighted by molar-refractivity contribution is 0.104. The van der Waals surface area contributed by atoms with Crippen LogP contribution in [-0.4, -0.2) is 20.2 Å². The van der Waals surface area contributed by atoms with E-state index in [0.29, 0.717) is 10.6 Å². The van der Waals surface area contributed by atoms with Crippen LogP contribution in [0.15, 0.2) is 61.1 Å². The average Bonchev–Trinajstić information content (AvgIpc) is 3.17. The fourth-order valence-corrected chi connectivity index (χ4v) is 3.68. The van der Waals surface area contributed by atoms with Gasteiger partial charge in [0.1, 0.15) is 0 Å². The number of pyridine rings is 1. The number of carbonyl (C=O) groups is 1. The van der Waals surface area contributed by atoms with Crippen molar-refractivity contribution < 1.29 is 4.79 Å². The summed E-state index contributed by atoms with van der Waals surface area (Å²) >= 11 is 7.61. The molecule has 3 heterocycles. The Morgan fingerprint density at radius 3 is 2.62 bits per heavy atom. The van der Waals surface area contributed by atoms with Crippen molar-refractivity contribution in [1.82, 2.24) is 14.4 Å². The molecule has 4 rings (SSSR count). The van der Waals surface area contributed by atoms with E-state index in [2.05, 4.69) is 4.98 Å². The van der Waals surface area contributed by atoms with E-state index in [4.69, 9.17) is 16.6 Å². The molecule has 4 nitrogen and oxygen atoms in total. The van der Waals surface area contributed by atoms with E-state index in [0.717, 1.165) is 26.8 Å². The first-order chi connectivity index (χ1) is 12.6. The van der Waals surface area contributed by atoms with Gasteiger partial charge in [-0.2, -0.15) is 0 Å². The summed E-state index contributed by atoms with van der Waals surface area (Å²) in [6.07, 6.45) is 8.64. The average molecular weight is 380 g/mol. The van der Waals surface area contributed by atoms with E-state index in [1.165, 1.54) is 0 Å². The summed E-state index contributed by atoms with van der Waals surface area (Å²) in [5.74, 6) is -0.0728. The Labute approximate surface area is 159 Å². The quantitative estimate of drug-likeness (QED) is 0.356. The van der Waals surface area contributed by atoms with Crippen molar-refractivity contribution in [2.75, 3.05) is 0 Å². The first-order valence-corrected chi connectivity index (χ1v) is 9.18.